The maximum absolute atomic E-state index is 12.4. The van der Waals surface area contributed by atoms with Crippen LogP contribution in [0, 0.1) is 6.92 Å². The van der Waals surface area contributed by atoms with Crippen LogP contribution in [-0.2, 0) is 9.53 Å². The quantitative estimate of drug-likeness (QED) is 0.792. The van der Waals surface area contributed by atoms with Crippen LogP contribution in [0.15, 0.2) is 33.9 Å². The summed E-state index contributed by atoms with van der Waals surface area (Å²) < 4.78 is 11.3. The highest BCUT2D eigenvalue weighted by atomic mass is 32.2. The van der Waals surface area contributed by atoms with Crippen LogP contribution in [0.1, 0.15) is 19.4 Å². The third kappa shape index (κ3) is 3.96. The van der Waals surface area contributed by atoms with Gasteiger partial charge in [0.1, 0.15) is 0 Å². The number of rotatable bonds is 4. The summed E-state index contributed by atoms with van der Waals surface area (Å²) in [5, 5.41) is 8.52. The molecule has 6 nitrogen and oxygen atoms in total. The number of hydrogen-bond acceptors (Lipinski definition) is 6. The van der Waals surface area contributed by atoms with E-state index >= 15 is 0 Å². The second kappa shape index (κ2) is 7.36. The number of carbonyl (C=O) groups is 1. The van der Waals surface area contributed by atoms with Gasteiger partial charge < -0.3 is 14.1 Å². The average molecular weight is 347 g/mol. The number of thioether (sulfide) groups is 1. The molecule has 128 valence electrons. The van der Waals surface area contributed by atoms with Crippen molar-refractivity contribution in [3.8, 4) is 11.5 Å². The van der Waals surface area contributed by atoms with E-state index < -0.39 is 0 Å². The average Bonchev–Trinajstić information content (AvgIpc) is 3.01. The summed E-state index contributed by atoms with van der Waals surface area (Å²) in [6, 6.07) is 7.84. The Morgan fingerprint density at radius 3 is 2.67 bits per heavy atom. The summed E-state index contributed by atoms with van der Waals surface area (Å²) in [5.41, 5.74) is 1.99. The molecule has 1 aliphatic rings. The van der Waals surface area contributed by atoms with Crippen molar-refractivity contribution in [3.05, 3.63) is 29.8 Å². The number of hydrogen-bond donors (Lipinski definition) is 0. The Morgan fingerprint density at radius 1 is 1.25 bits per heavy atom. The predicted octanol–water partition coefficient (Wildman–Crippen LogP) is 2.77. The third-order valence-electron chi connectivity index (χ3n) is 3.87. The molecule has 0 radical (unpaired) electrons. The molecule has 0 N–H and O–H groups in total. The lowest BCUT2D eigenvalue weighted by Crippen LogP contribution is -2.48. The smallest absolute Gasteiger partial charge is 0.277 e. The highest BCUT2D eigenvalue weighted by molar-refractivity contribution is 7.99. The molecular formula is C17H21N3O3S. The molecule has 1 aliphatic heterocycles. The van der Waals surface area contributed by atoms with E-state index in [0.29, 0.717) is 24.2 Å². The molecule has 24 heavy (non-hydrogen) atoms. The van der Waals surface area contributed by atoms with Gasteiger partial charge in [-0.1, -0.05) is 30.0 Å². The number of aromatic nitrogens is 2. The van der Waals surface area contributed by atoms with E-state index in [2.05, 4.69) is 10.2 Å². The van der Waals surface area contributed by atoms with E-state index in [1.807, 2.05) is 49.9 Å². The van der Waals surface area contributed by atoms with Gasteiger partial charge in [-0.05, 0) is 32.4 Å². The molecule has 0 bridgehead atoms. The van der Waals surface area contributed by atoms with Crippen molar-refractivity contribution >= 4 is 17.7 Å². The van der Waals surface area contributed by atoms with Crippen LogP contribution in [0.2, 0.25) is 0 Å². The number of nitrogens with zero attached hydrogens (tertiary/aromatic N) is 3. The van der Waals surface area contributed by atoms with Crippen LogP contribution in [-0.4, -0.2) is 52.1 Å². The highest BCUT2D eigenvalue weighted by Gasteiger charge is 2.26. The maximum atomic E-state index is 12.4. The van der Waals surface area contributed by atoms with Gasteiger partial charge in [-0.3, -0.25) is 4.79 Å². The van der Waals surface area contributed by atoms with Crippen molar-refractivity contribution in [3.63, 3.8) is 0 Å². The van der Waals surface area contributed by atoms with Crippen molar-refractivity contribution in [1.82, 2.24) is 15.1 Å². The zero-order valence-corrected chi connectivity index (χ0v) is 14.9. The van der Waals surface area contributed by atoms with Gasteiger partial charge in [0.2, 0.25) is 11.8 Å². The first-order valence-corrected chi connectivity index (χ1v) is 8.97. The van der Waals surface area contributed by atoms with Gasteiger partial charge in [0, 0.05) is 18.7 Å². The molecule has 7 heteroatoms. The lowest BCUT2D eigenvalue weighted by molar-refractivity contribution is -0.140. The normalized spacial score (nSPS) is 21.0. The maximum Gasteiger partial charge on any atom is 0.277 e. The van der Waals surface area contributed by atoms with Crippen LogP contribution < -0.4 is 0 Å². The zero-order chi connectivity index (χ0) is 17.1. The first-order valence-electron chi connectivity index (χ1n) is 7.98. The largest absolute Gasteiger partial charge is 0.411 e. The van der Waals surface area contributed by atoms with E-state index in [-0.39, 0.29) is 23.9 Å². The van der Waals surface area contributed by atoms with Crippen molar-refractivity contribution < 1.29 is 13.9 Å². The Labute approximate surface area is 145 Å². The molecule has 1 amide bonds. The van der Waals surface area contributed by atoms with Gasteiger partial charge >= 0.3 is 0 Å². The molecule has 0 unspecified atom stereocenters. The highest BCUT2D eigenvalue weighted by Crippen LogP contribution is 2.25. The molecule has 1 fully saturated rings. The Kier molecular flexibility index (Phi) is 5.20. The first-order chi connectivity index (χ1) is 11.5. The summed E-state index contributed by atoms with van der Waals surface area (Å²) in [4.78, 5) is 14.2. The molecule has 0 spiro atoms. The van der Waals surface area contributed by atoms with Crippen LogP contribution in [0.5, 0.6) is 0 Å². The molecule has 3 rings (SSSR count). The van der Waals surface area contributed by atoms with E-state index in [0.717, 1.165) is 11.1 Å². The minimum Gasteiger partial charge on any atom is -0.411 e. The van der Waals surface area contributed by atoms with Crippen molar-refractivity contribution in [2.45, 2.75) is 38.2 Å². The number of benzene rings is 1. The number of aryl methyl sites for hydroxylation is 1. The summed E-state index contributed by atoms with van der Waals surface area (Å²) in [5.74, 6) is 0.837. The number of ether oxygens (including phenoxy) is 1. The molecule has 1 aromatic heterocycles. The van der Waals surface area contributed by atoms with E-state index in [4.69, 9.17) is 9.15 Å². The fourth-order valence-corrected chi connectivity index (χ4v) is 3.45. The second-order valence-corrected chi connectivity index (χ2v) is 6.96. The van der Waals surface area contributed by atoms with Gasteiger partial charge in [0.15, 0.2) is 0 Å². The minimum atomic E-state index is 0.0673. The molecule has 2 heterocycles. The van der Waals surface area contributed by atoms with E-state index in [1.54, 1.807) is 0 Å². The van der Waals surface area contributed by atoms with E-state index in [1.165, 1.54) is 11.8 Å². The van der Waals surface area contributed by atoms with Crippen molar-refractivity contribution in [1.29, 1.82) is 0 Å². The van der Waals surface area contributed by atoms with Gasteiger partial charge in [0.25, 0.3) is 5.22 Å². The fourth-order valence-electron chi connectivity index (χ4n) is 2.79. The van der Waals surface area contributed by atoms with Gasteiger partial charge in [0.05, 0.1) is 18.0 Å². The molecule has 2 aromatic rings. The van der Waals surface area contributed by atoms with Crippen molar-refractivity contribution in [2.24, 2.45) is 0 Å². The lowest BCUT2D eigenvalue weighted by Gasteiger charge is -2.35. The Hall–Kier alpha value is -1.86. The van der Waals surface area contributed by atoms with Crippen LogP contribution in [0.4, 0.5) is 0 Å². The molecular weight excluding hydrogens is 326 g/mol. The molecule has 1 aromatic carbocycles. The molecule has 0 aliphatic carbocycles. The van der Waals surface area contributed by atoms with Crippen molar-refractivity contribution in [2.75, 3.05) is 18.8 Å². The Bertz CT molecular complexity index is 709. The SMILES string of the molecule is Cc1ccccc1-c1nnc(SCC(=O)N2C[C@H](C)O[C@@H](C)C2)o1. The third-order valence-corrected chi connectivity index (χ3v) is 4.68. The van der Waals surface area contributed by atoms with E-state index in [9.17, 15) is 4.79 Å². The molecule has 2 atom stereocenters. The molecule has 0 saturated carbocycles. The predicted molar refractivity (Wildman–Crippen MR) is 91.8 cm³/mol. The topological polar surface area (TPSA) is 68.5 Å². The van der Waals surface area contributed by atoms with Gasteiger partial charge in [-0.15, -0.1) is 10.2 Å². The Balaban J connectivity index is 1.59. The van der Waals surface area contributed by atoms with Crippen LogP contribution >= 0.6 is 11.8 Å². The fraction of sp³-hybridized carbons (Fsp3) is 0.471. The summed E-state index contributed by atoms with van der Waals surface area (Å²) in [6.45, 7) is 7.21. The first kappa shape index (κ1) is 17.0. The monoisotopic (exact) mass is 347 g/mol. The second-order valence-electron chi connectivity index (χ2n) is 6.03. The van der Waals surface area contributed by atoms with Crippen LogP contribution in [0.3, 0.4) is 0 Å². The summed E-state index contributed by atoms with van der Waals surface area (Å²) in [6.07, 6.45) is 0.137. The lowest BCUT2D eigenvalue weighted by atomic mass is 10.1. The van der Waals surface area contributed by atoms with Gasteiger partial charge in [-0.25, -0.2) is 0 Å². The van der Waals surface area contributed by atoms with Crippen LogP contribution in [0.25, 0.3) is 11.5 Å². The summed E-state index contributed by atoms with van der Waals surface area (Å²) >= 11 is 1.27. The summed E-state index contributed by atoms with van der Waals surface area (Å²) in [7, 11) is 0. The number of carbonyl (C=O) groups excluding carboxylic acids is 1. The standard InChI is InChI=1S/C17H21N3O3S/c1-11-6-4-5-7-14(11)16-18-19-17(23-16)24-10-15(21)20-8-12(2)22-13(3)9-20/h4-7,12-13H,8-10H2,1-3H3/t12-,13-/m0/s1. The van der Waals surface area contributed by atoms with Gasteiger partial charge in [-0.2, -0.15) is 0 Å². The zero-order valence-electron chi connectivity index (χ0n) is 14.1. The Morgan fingerprint density at radius 2 is 1.96 bits per heavy atom. The molecule has 1 saturated heterocycles. The minimum absolute atomic E-state index is 0.0673. The number of morpholine rings is 1. The number of amides is 1.